The fraction of sp³-hybridized carbons (Fsp3) is 0.158. The molecule has 2 aromatic rings. The van der Waals surface area contributed by atoms with Gasteiger partial charge in [-0.15, -0.1) is 0 Å². The van der Waals surface area contributed by atoms with Crippen LogP contribution in [0.4, 0.5) is 5.69 Å². The molecule has 0 saturated heterocycles. The second-order valence-electron chi connectivity index (χ2n) is 5.63. The number of carboxylic acids is 1. The zero-order chi connectivity index (χ0) is 19.6. The average molecular weight is 390 g/mol. The van der Waals surface area contributed by atoms with Crippen LogP contribution in [0.5, 0.6) is 11.5 Å². The molecule has 0 amide bonds. The third-order valence-electron chi connectivity index (χ3n) is 3.90. The average Bonchev–Trinajstić information content (AvgIpc) is 2.63. The molecule has 0 bridgehead atoms. The SMILES string of the molecule is CCO[C@H]1Oc2ccc(Cl)cc2C(=O)/C1=C/Nc1cccc(C(=O)O)c1O. The molecule has 27 heavy (non-hydrogen) atoms. The summed E-state index contributed by atoms with van der Waals surface area (Å²) in [6.45, 7) is 2.07. The number of nitrogens with one attached hydrogen (secondary N) is 1. The lowest BCUT2D eigenvalue weighted by atomic mass is 10.00. The first-order chi connectivity index (χ1) is 12.9. The van der Waals surface area contributed by atoms with Gasteiger partial charge in [-0.05, 0) is 37.3 Å². The second kappa shape index (κ2) is 7.69. The Morgan fingerprint density at radius 1 is 1.37 bits per heavy atom. The van der Waals surface area contributed by atoms with Crippen molar-refractivity contribution >= 4 is 29.0 Å². The minimum atomic E-state index is -1.27. The van der Waals surface area contributed by atoms with Gasteiger partial charge in [0.1, 0.15) is 11.3 Å². The Balaban J connectivity index is 1.97. The number of rotatable bonds is 5. The normalized spacial score (nSPS) is 17.3. The van der Waals surface area contributed by atoms with Crippen LogP contribution < -0.4 is 10.1 Å². The molecular weight excluding hydrogens is 374 g/mol. The molecule has 1 aliphatic rings. The molecule has 7 nitrogen and oxygen atoms in total. The number of ether oxygens (including phenoxy) is 2. The zero-order valence-corrected chi connectivity index (χ0v) is 15.0. The van der Waals surface area contributed by atoms with E-state index in [1.54, 1.807) is 19.1 Å². The van der Waals surface area contributed by atoms with E-state index in [2.05, 4.69) is 5.32 Å². The number of benzene rings is 2. The summed E-state index contributed by atoms with van der Waals surface area (Å²) in [5.41, 5.74) is 0.312. The highest BCUT2D eigenvalue weighted by atomic mass is 35.5. The van der Waals surface area contributed by atoms with Crippen molar-refractivity contribution in [1.29, 1.82) is 0 Å². The topological polar surface area (TPSA) is 105 Å². The van der Waals surface area contributed by atoms with Gasteiger partial charge >= 0.3 is 5.97 Å². The summed E-state index contributed by atoms with van der Waals surface area (Å²) in [5, 5.41) is 22.3. The first-order valence-corrected chi connectivity index (χ1v) is 8.44. The third-order valence-corrected chi connectivity index (χ3v) is 4.14. The lowest BCUT2D eigenvalue weighted by molar-refractivity contribution is -0.0509. The molecule has 140 valence electrons. The number of aromatic hydroxyl groups is 1. The summed E-state index contributed by atoms with van der Waals surface area (Å²) in [6.07, 6.45) is 0.376. The molecule has 0 aliphatic carbocycles. The van der Waals surface area contributed by atoms with Gasteiger partial charge in [-0.2, -0.15) is 0 Å². The van der Waals surface area contributed by atoms with Crippen LogP contribution in [0, 0.1) is 0 Å². The van der Waals surface area contributed by atoms with Crippen LogP contribution in [0.1, 0.15) is 27.6 Å². The summed E-state index contributed by atoms with van der Waals surface area (Å²) in [4.78, 5) is 24.0. The number of aromatic carboxylic acids is 1. The summed E-state index contributed by atoms with van der Waals surface area (Å²) >= 11 is 5.97. The number of Topliss-reactive ketones (excluding diaryl/α,β-unsaturated/α-hetero) is 1. The van der Waals surface area contributed by atoms with Gasteiger partial charge in [0.2, 0.25) is 12.1 Å². The number of fused-ring (bicyclic) bond motifs is 1. The Bertz CT molecular complexity index is 940. The highest BCUT2D eigenvalue weighted by Gasteiger charge is 2.32. The maximum absolute atomic E-state index is 12.9. The Morgan fingerprint density at radius 2 is 2.15 bits per heavy atom. The Morgan fingerprint density at radius 3 is 2.85 bits per heavy atom. The molecule has 3 N–H and O–H groups in total. The molecule has 0 unspecified atom stereocenters. The van der Waals surface area contributed by atoms with Crippen LogP contribution in [0.2, 0.25) is 5.02 Å². The van der Waals surface area contributed by atoms with Gasteiger partial charge in [-0.25, -0.2) is 4.79 Å². The van der Waals surface area contributed by atoms with E-state index in [0.29, 0.717) is 17.4 Å². The number of ketones is 1. The van der Waals surface area contributed by atoms with Crippen LogP contribution >= 0.6 is 11.6 Å². The molecule has 3 rings (SSSR count). The van der Waals surface area contributed by atoms with Gasteiger partial charge in [0.25, 0.3) is 0 Å². The van der Waals surface area contributed by atoms with Crippen molar-refractivity contribution in [3.63, 3.8) is 0 Å². The molecule has 1 atom stereocenters. The smallest absolute Gasteiger partial charge is 0.339 e. The van der Waals surface area contributed by atoms with Crippen molar-refractivity contribution in [3.05, 3.63) is 64.3 Å². The van der Waals surface area contributed by atoms with E-state index in [1.807, 2.05) is 0 Å². The van der Waals surface area contributed by atoms with E-state index in [1.165, 1.54) is 30.5 Å². The maximum Gasteiger partial charge on any atom is 0.339 e. The molecule has 1 aliphatic heterocycles. The van der Waals surface area contributed by atoms with Crippen LogP contribution in [-0.4, -0.2) is 34.9 Å². The number of carbonyl (C=O) groups is 2. The summed E-state index contributed by atoms with van der Waals surface area (Å²) < 4.78 is 11.2. The van der Waals surface area contributed by atoms with E-state index in [0.717, 1.165) is 0 Å². The predicted molar refractivity (Wildman–Crippen MR) is 98.6 cm³/mol. The van der Waals surface area contributed by atoms with Gasteiger partial charge < -0.3 is 25.0 Å². The van der Waals surface area contributed by atoms with Crippen LogP contribution in [0.25, 0.3) is 0 Å². The fourth-order valence-corrected chi connectivity index (χ4v) is 2.79. The molecule has 1 heterocycles. The van der Waals surface area contributed by atoms with Gasteiger partial charge in [-0.3, -0.25) is 4.79 Å². The number of carboxylic acid groups (broad SMARTS) is 1. The van der Waals surface area contributed by atoms with E-state index in [9.17, 15) is 14.7 Å². The molecule has 8 heteroatoms. The first kappa shape index (κ1) is 18.8. The number of carbonyl (C=O) groups excluding carboxylic acids is 1. The second-order valence-corrected chi connectivity index (χ2v) is 6.06. The quantitative estimate of drug-likeness (QED) is 0.529. The fourth-order valence-electron chi connectivity index (χ4n) is 2.62. The van der Waals surface area contributed by atoms with Crippen molar-refractivity contribution < 1.29 is 29.3 Å². The maximum atomic E-state index is 12.9. The van der Waals surface area contributed by atoms with E-state index >= 15 is 0 Å². The lowest BCUT2D eigenvalue weighted by Gasteiger charge is -2.27. The summed E-state index contributed by atoms with van der Waals surface area (Å²) in [6, 6.07) is 8.92. The Kier molecular flexibility index (Phi) is 5.34. The Hall–Kier alpha value is -3.03. The van der Waals surface area contributed by atoms with Gasteiger partial charge in [0.05, 0.1) is 16.8 Å². The molecule has 2 aromatic carbocycles. The molecule has 0 aromatic heterocycles. The number of anilines is 1. The van der Waals surface area contributed by atoms with Crippen molar-refractivity contribution in [2.75, 3.05) is 11.9 Å². The zero-order valence-electron chi connectivity index (χ0n) is 14.2. The number of hydrogen-bond donors (Lipinski definition) is 3. The van der Waals surface area contributed by atoms with Crippen LogP contribution in [0.15, 0.2) is 48.2 Å². The first-order valence-electron chi connectivity index (χ1n) is 8.06. The minimum Gasteiger partial charge on any atom is -0.505 e. The van der Waals surface area contributed by atoms with Crippen LogP contribution in [0.3, 0.4) is 0 Å². The van der Waals surface area contributed by atoms with Crippen molar-refractivity contribution in [2.24, 2.45) is 0 Å². The largest absolute Gasteiger partial charge is 0.505 e. The number of hydrogen-bond acceptors (Lipinski definition) is 6. The van der Waals surface area contributed by atoms with E-state index in [-0.39, 0.29) is 28.2 Å². The van der Waals surface area contributed by atoms with E-state index < -0.39 is 18.0 Å². The van der Waals surface area contributed by atoms with Gasteiger partial charge in [-0.1, -0.05) is 17.7 Å². The standard InChI is InChI=1S/C19H16ClNO6/c1-2-26-19-13(16(22)12-8-10(20)6-7-15(12)27-19)9-21-14-5-3-4-11(17(14)23)18(24)25/h3-9,19,21,23H,2H2,1H3,(H,24,25)/b13-9-/t19-/m0/s1. The molecule has 0 radical (unpaired) electrons. The monoisotopic (exact) mass is 389 g/mol. The highest BCUT2D eigenvalue weighted by Crippen LogP contribution is 2.34. The Labute approximate surface area is 159 Å². The van der Waals surface area contributed by atoms with Crippen LogP contribution in [-0.2, 0) is 4.74 Å². The third kappa shape index (κ3) is 3.74. The molecule has 0 saturated carbocycles. The number of halogens is 1. The predicted octanol–water partition coefficient (Wildman–Crippen LogP) is 3.68. The minimum absolute atomic E-state index is 0.127. The number of phenols is 1. The lowest BCUT2D eigenvalue weighted by Crippen LogP contribution is -2.33. The van der Waals surface area contributed by atoms with E-state index in [4.69, 9.17) is 26.2 Å². The van der Waals surface area contributed by atoms with Gasteiger partial charge in [0.15, 0.2) is 5.75 Å². The van der Waals surface area contributed by atoms with Crippen molar-refractivity contribution in [1.82, 2.24) is 0 Å². The molecular formula is C19H16ClNO6. The number of para-hydroxylation sites is 1. The highest BCUT2D eigenvalue weighted by molar-refractivity contribution is 6.31. The molecule has 0 fully saturated rings. The summed E-state index contributed by atoms with van der Waals surface area (Å²) in [7, 11) is 0. The van der Waals surface area contributed by atoms with Crippen molar-refractivity contribution in [2.45, 2.75) is 13.2 Å². The van der Waals surface area contributed by atoms with Gasteiger partial charge in [0, 0.05) is 17.8 Å². The summed E-state index contributed by atoms with van der Waals surface area (Å²) in [5.74, 6) is -1.70. The van der Waals surface area contributed by atoms with Crippen molar-refractivity contribution in [3.8, 4) is 11.5 Å². The molecule has 0 spiro atoms.